The van der Waals surface area contributed by atoms with E-state index in [9.17, 15) is 9.59 Å². The maximum absolute atomic E-state index is 12.5. The number of hydrogen-bond acceptors (Lipinski definition) is 8. The topological polar surface area (TPSA) is 80.3 Å². The number of Topliss-reactive ketones (excluding diaryl/α,β-unsaturated/α-hetero) is 1. The van der Waals surface area contributed by atoms with E-state index in [-0.39, 0.29) is 30.7 Å². The van der Waals surface area contributed by atoms with E-state index in [0.717, 1.165) is 10.1 Å². The maximum atomic E-state index is 12.5. The number of ether oxygens (including phenoxy) is 5. The molecule has 0 aliphatic heterocycles. The lowest BCUT2D eigenvalue weighted by Gasteiger charge is -2.25. The van der Waals surface area contributed by atoms with Crippen molar-refractivity contribution in [2.75, 3.05) is 26.9 Å². The van der Waals surface area contributed by atoms with Crippen LogP contribution in [0.3, 0.4) is 0 Å². The number of benzene rings is 1. The van der Waals surface area contributed by atoms with Gasteiger partial charge in [-0.15, -0.1) is 11.3 Å². The first-order valence-electron chi connectivity index (χ1n) is 10.1. The number of fused-ring (bicyclic) bond motifs is 1. The van der Waals surface area contributed by atoms with Crippen LogP contribution in [0, 0.1) is 0 Å². The van der Waals surface area contributed by atoms with E-state index < -0.39 is 6.29 Å². The van der Waals surface area contributed by atoms with E-state index >= 15 is 0 Å². The third kappa shape index (κ3) is 6.42. The quantitative estimate of drug-likeness (QED) is 0.257. The van der Waals surface area contributed by atoms with Crippen LogP contribution in [0.25, 0.3) is 10.1 Å². The molecule has 0 fully saturated rings. The molecule has 0 radical (unpaired) electrons. The lowest BCUT2D eigenvalue weighted by molar-refractivity contribution is -0.178. The molecular weight excluding hydrogens is 408 g/mol. The zero-order valence-electron chi connectivity index (χ0n) is 18.2. The van der Waals surface area contributed by atoms with Crippen LogP contribution >= 0.6 is 11.3 Å². The molecule has 0 spiro atoms. The number of rotatable bonds is 13. The maximum Gasteiger partial charge on any atom is 0.306 e. The van der Waals surface area contributed by atoms with Crippen LogP contribution in [0.15, 0.2) is 18.2 Å². The SMILES string of the molecule is CCOC(=O)CCC(=O)c1cc2cc(OC(C)C(OCC)OCC)c(OC)cc2s1. The number of carbonyl (C=O) groups is 2. The third-order valence-corrected chi connectivity index (χ3v) is 5.44. The van der Waals surface area contributed by atoms with Crippen molar-refractivity contribution in [3.05, 3.63) is 23.1 Å². The molecule has 8 heteroatoms. The summed E-state index contributed by atoms with van der Waals surface area (Å²) in [4.78, 5) is 24.6. The van der Waals surface area contributed by atoms with Crippen LogP contribution in [-0.2, 0) is 19.0 Å². The lowest BCUT2D eigenvalue weighted by Crippen LogP contribution is -2.34. The summed E-state index contributed by atoms with van der Waals surface area (Å²) >= 11 is 1.36. The fraction of sp³-hybridized carbons (Fsp3) is 0.545. The van der Waals surface area contributed by atoms with Gasteiger partial charge in [-0.2, -0.15) is 0 Å². The molecule has 0 aliphatic rings. The second-order valence-electron chi connectivity index (χ2n) is 6.48. The highest BCUT2D eigenvalue weighted by Gasteiger charge is 2.22. The van der Waals surface area contributed by atoms with Crippen LogP contribution < -0.4 is 9.47 Å². The molecule has 30 heavy (non-hydrogen) atoms. The molecule has 1 heterocycles. The Bertz CT molecular complexity index is 839. The van der Waals surface area contributed by atoms with Gasteiger partial charge in [0.15, 0.2) is 23.6 Å². The monoisotopic (exact) mass is 438 g/mol. The summed E-state index contributed by atoms with van der Waals surface area (Å²) in [6.45, 7) is 8.74. The van der Waals surface area contributed by atoms with Gasteiger partial charge in [-0.25, -0.2) is 0 Å². The van der Waals surface area contributed by atoms with E-state index in [2.05, 4.69) is 0 Å². The number of hydrogen-bond donors (Lipinski definition) is 0. The first kappa shape index (κ1) is 24.1. The fourth-order valence-corrected chi connectivity index (χ4v) is 3.95. The van der Waals surface area contributed by atoms with Crippen molar-refractivity contribution in [2.45, 2.75) is 52.9 Å². The molecule has 0 aliphatic carbocycles. The molecule has 0 N–H and O–H groups in total. The largest absolute Gasteiger partial charge is 0.493 e. The summed E-state index contributed by atoms with van der Waals surface area (Å²) in [5, 5.41) is 0.867. The van der Waals surface area contributed by atoms with Crippen molar-refractivity contribution in [2.24, 2.45) is 0 Å². The molecule has 0 saturated heterocycles. The van der Waals surface area contributed by atoms with Gasteiger partial charge in [0.1, 0.15) is 6.10 Å². The van der Waals surface area contributed by atoms with Crippen LogP contribution in [0.5, 0.6) is 11.5 Å². The molecule has 166 valence electrons. The summed E-state index contributed by atoms with van der Waals surface area (Å²) in [6.07, 6.45) is -0.664. The fourth-order valence-electron chi connectivity index (χ4n) is 2.91. The van der Waals surface area contributed by atoms with Gasteiger partial charge in [-0.3, -0.25) is 9.59 Å². The molecule has 2 aromatic rings. The van der Waals surface area contributed by atoms with E-state index in [4.69, 9.17) is 23.7 Å². The highest BCUT2D eigenvalue weighted by atomic mass is 32.1. The molecule has 1 aromatic carbocycles. The second-order valence-corrected chi connectivity index (χ2v) is 7.57. The van der Waals surface area contributed by atoms with Crippen molar-refractivity contribution < 1.29 is 33.3 Å². The minimum Gasteiger partial charge on any atom is -0.493 e. The van der Waals surface area contributed by atoms with Crippen LogP contribution in [0.2, 0.25) is 0 Å². The smallest absolute Gasteiger partial charge is 0.306 e. The van der Waals surface area contributed by atoms with Crippen LogP contribution in [0.1, 0.15) is 50.2 Å². The van der Waals surface area contributed by atoms with Crippen molar-refractivity contribution in [1.82, 2.24) is 0 Å². The summed E-state index contributed by atoms with van der Waals surface area (Å²) in [6, 6.07) is 5.51. The number of esters is 1. The van der Waals surface area contributed by atoms with Gasteiger partial charge >= 0.3 is 5.97 Å². The normalized spacial score (nSPS) is 12.2. The van der Waals surface area contributed by atoms with E-state index in [0.29, 0.717) is 36.2 Å². The first-order chi connectivity index (χ1) is 14.4. The number of carbonyl (C=O) groups excluding carboxylic acids is 2. The average molecular weight is 439 g/mol. The van der Waals surface area contributed by atoms with Gasteiger partial charge in [0.25, 0.3) is 0 Å². The molecule has 7 nitrogen and oxygen atoms in total. The van der Waals surface area contributed by atoms with Crippen molar-refractivity contribution in [3.63, 3.8) is 0 Å². The van der Waals surface area contributed by atoms with Crippen LogP contribution in [0.4, 0.5) is 0 Å². The standard InChI is InChI=1S/C22H30O7S/c1-6-26-21(24)10-9-16(23)20-12-15-11-18(17(25-5)13-19(15)30-20)29-14(4)22(27-7-2)28-8-3/h11-14,22H,6-10H2,1-5H3. The van der Waals surface area contributed by atoms with Gasteiger partial charge in [0.05, 0.1) is 25.0 Å². The molecule has 0 saturated carbocycles. The van der Waals surface area contributed by atoms with Gasteiger partial charge in [0, 0.05) is 30.4 Å². The van der Waals surface area contributed by atoms with Crippen LogP contribution in [-0.4, -0.2) is 51.1 Å². The van der Waals surface area contributed by atoms with Crippen molar-refractivity contribution in [3.8, 4) is 11.5 Å². The predicted octanol–water partition coefficient (Wildman–Crippen LogP) is 4.60. The molecule has 0 bridgehead atoms. The number of thiophene rings is 1. The highest BCUT2D eigenvalue weighted by molar-refractivity contribution is 7.20. The average Bonchev–Trinajstić information content (AvgIpc) is 3.14. The van der Waals surface area contributed by atoms with Gasteiger partial charge in [-0.05, 0) is 45.2 Å². The Balaban J connectivity index is 2.20. The van der Waals surface area contributed by atoms with E-state index in [1.54, 1.807) is 14.0 Å². The molecular formula is C22H30O7S. The third-order valence-electron chi connectivity index (χ3n) is 4.30. The summed E-state index contributed by atoms with van der Waals surface area (Å²) in [7, 11) is 1.57. The van der Waals surface area contributed by atoms with Gasteiger partial charge in [-0.1, -0.05) is 0 Å². The minimum atomic E-state index is -0.497. The molecule has 1 atom stereocenters. The summed E-state index contributed by atoms with van der Waals surface area (Å²) in [5.41, 5.74) is 0. The number of ketones is 1. The molecule has 0 amide bonds. The Morgan fingerprint density at radius 2 is 1.67 bits per heavy atom. The Morgan fingerprint density at radius 1 is 0.967 bits per heavy atom. The second kappa shape index (κ2) is 11.9. The molecule has 1 unspecified atom stereocenters. The lowest BCUT2D eigenvalue weighted by atomic mass is 10.1. The Morgan fingerprint density at radius 3 is 2.27 bits per heavy atom. The predicted molar refractivity (Wildman–Crippen MR) is 116 cm³/mol. The van der Waals surface area contributed by atoms with Crippen molar-refractivity contribution >= 4 is 33.2 Å². The number of methoxy groups -OCH3 is 1. The van der Waals surface area contributed by atoms with Crippen molar-refractivity contribution in [1.29, 1.82) is 0 Å². The van der Waals surface area contributed by atoms with Gasteiger partial charge in [0.2, 0.25) is 0 Å². The summed E-state index contributed by atoms with van der Waals surface area (Å²) in [5.74, 6) is 0.655. The zero-order valence-corrected chi connectivity index (χ0v) is 19.0. The van der Waals surface area contributed by atoms with E-state index in [1.165, 1.54) is 11.3 Å². The first-order valence-corrected chi connectivity index (χ1v) is 10.9. The zero-order chi connectivity index (χ0) is 22.1. The highest BCUT2D eigenvalue weighted by Crippen LogP contribution is 2.37. The Labute approximate surface area is 181 Å². The summed E-state index contributed by atoms with van der Waals surface area (Å²) < 4.78 is 28.6. The minimum absolute atomic E-state index is 0.0758. The van der Waals surface area contributed by atoms with E-state index in [1.807, 2.05) is 39.0 Å². The Hall–Kier alpha value is -2.16. The molecule has 1 aromatic heterocycles. The Kier molecular flexibility index (Phi) is 9.55. The molecule has 2 rings (SSSR count). The van der Waals surface area contributed by atoms with Gasteiger partial charge < -0.3 is 23.7 Å².